The van der Waals surface area contributed by atoms with Gasteiger partial charge in [-0.05, 0) is 55.2 Å². The molecule has 4 atom stereocenters. The van der Waals surface area contributed by atoms with Crippen LogP contribution in [0.1, 0.15) is 44.1 Å². The van der Waals surface area contributed by atoms with Crippen LogP contribution in [-0.2, 0) is 24.0 Å². The van der Waals surface area contributed by atoms with E-state index >= 15 is 0 Å². The number of benzene rings is 2. The first kappa shape index (κ1) is 25.0. The third-order valence-corrected chi connectivity index (χ3v) is 8.67. The van der Waals surface area contributed by atoms with Gasteiger partial charge in [-0.1, -0.05) is 42.0 Å². The summed E-state index contributed by atoms with van der Waals surface area (Å²) in [5.74, 6) is -4.33. The van der Waals surface area contributed by atoms with E-state index in [4.69, 9.17) is 5.11 Å². The van der Waals surface area contributed by atoms with E-state index in [2.05, 4.69) is 0 Å². The van der Waals surface area contributed by atoms with Crippen molar-refractivity contribution in [1.82, 2.24) is 4.90 Å². The molecule has 1 heterocycles. The molecule has 0 saturated carbocycles. The first-order valence-corrected chi connectivity index (χ1v) is 13.2. The van der Waals surface area contributed by atoms with E-state index in [-0.39, 0.29) is 54.9 Å². The first-order valence-electron chi connectivity index (χ1n) is 13.2. The van der Waals surface area contributed by atoms with Gasteiger partial charge in [0, 0.05) is 41.0 Å². The average molecular weight is 526 g/mol. The SMILES string of the molecule is CC1=CC(=O)C2=C(CC3C(=CCC4C(=O)N(CCCC(=O)O)C(=O)C43)C2c2ccc(O)c3ccccc23)C1=O. The summed E-state index contributed by atoms with van der Waals surface area (Å²) in [6, 6.07) is 10.7. The van der Waals surface area contributed by atoms with Gasteiger partial charge in [0.25, 0.3) is 0 Å². The quantitative estimate of drug-likeness (QED) is 0.345. The van der Waals surface area contributed by atoms with Gasteiger partial charge in [0.15, 0.2) is 11.6 Å². The zero-order valence-corrected chi connectivity index (χ0v) is 21.3. The maximum Gasteiger partial charge on any atom is 0.303 e. The predicted octanol–water partition coefficient (Wildman–Crippen LogP) is 3.84. The minimum Gasteiger partial charge on any atom is -0.507 e. The summed E-state index contributed by atoms with van der Waals surface area (Å²) in [5, 5.41) is 20.9. The first-order chi connectivity index (χ1) is 18.7. The van der Waals surface area contributed by atoms with Gasteiger partial charge in [0.05, 0.1) is 11.8 Å². The van der Waals surface area contributed by atoms with Gasteiger partial charge >= 0.3 is 5.97 Å². The number of carbonyl (C=O) groups excluding carboxylic acids is 4. The number of fused-ring (bicyclic) bond motifs is 4. The normalized spacial score (nSPS) is 26.3. The highest BCUT2D eigenvalue weighted by atomic mass is 16.4. The molecule has 8 nitrogen and oxygen atoms in total. The molecule has 39 heavy (non-hydrogen) atoms. The van der Waals surface area contributed by atoms with E-state index in [0.29, 0.717) is 28.5 Å². The Kier molecular flexibility index (Phi) is 5.86. The highest BCUT2D eigenvalue weighted by molar-refractivity contribution is 6.24. The van der Waals surface area contributed by atoms with Crippen LogP contribution in [0.2, 0.25) is 0 Å². The second kappa shape index (κ2) is 9.15. The third-order valence-electron chi connectivity index (χ3n) is 8.67. The molecule has 3 aliphatic carbocycles. The van der Waals surface area contributed by atoms with Gasteiger partial charge in [-0.15, -0.1) is 0 Å². The largest absolute Gasteiger partial charge is 0.507 e. The number of Topliss-reactive ketones (excluding diaryl/α,β-unsaturated/α-hetero) is 1. The lowest BCUT2D eigenvalue weighted by molar-refractivity contribution is -0.142. The summed E-state index contributed by atoms with van der Waals surface area (Å²) < 4.78 is 0. The van der Waals surface area contributed by atoms with Crippen molar-refractivity contribution in [2.75, 3.05) is 6.54 Å². The molecule has 0 radical (unpaired) electrons. The van der Waals surface area contributed by atoms with Crippen LogP contribution < -0.4 is 0 Å². The number of phenolic OH excluding ortho intramolecular Hbond substituents is 1. The minimum atomic E-state index is -0.991. The Bertz CT molecular complexity index is 1590. The lowest BCUT2D eigenvalue weighted by Gasteiger charge is -2.42. The van der Waals surface area contributed by atoms with Crippen molar-refractivity contribution >= 4 is 40.1 Å². The number of carbonyl (C=O) groups is 5. The number of carboxylic acids is 1. The topological polar surface area (TPSA) is 129 Å². The van der Waals surface area contributed by atoms with Gasteiger partial charge in [-0.2, -0.15) is 0 Å². The Hall–Kier alpha value is -4.33. The van der Waals surface area contributed by atoms with Crippen LogP contribution in [0.15, 0.2) is 70.8 Å². The smallest absolute Gasteiger partial charge is 0.303 e. The molecule has 0 bridgehead atoms. The Labute approximate surface area is 224 Å². The number of hydrogen-bond acceptors (Lipinski definition) is 6. The van der Waals surface area contributed by atoms with Crippen molar-refractivity contribution in [3.8, 4) is 5.75 Å². The second-order valence-electron chi connectivity index (χ2n) is 10.8. The fourth-order valence-corrected chi connectivity index (χ4v) is 6.97. The van der Waals surface area contributed by atoms with Crippen molar-refractivity contribution in [2.45, 2.75) is 38.5 Å². The van der Waals surface area contributed by atoms with Gasteiger partial charge in [0.2, 0.25) is 11.8 Å². The van der Waals surface area contributed by atoms with Gasteiger partial charge in [-0.3, -0.25) is 28.9 Å². The summed E-state index contributed by atoms with van der Waals surface area (Å²) in [6.07, 6.45) is 3.86. The molecule has 4 unspecified atom stereocenters. The number of carboxylic acid groups (broad SMARTS) is 1. The van der Waals surface area contributed by atoms with Crippen molar-refractivity contribution < 1.29 is 34.2 Å². The monoisotopic (exact) mass is 525 g/mol. The molecule has 1 saturated heterocycles. The zero-order chi connectivity index (χ0) is 27.6. The number of amides is 2. The number of nitrogens with zero attached hydrogens (tertiary/aromatic N) is 1. The highest BCUT2D eigenvalue weighted by Crippen LogP contribution is 2.56. The van der Waals surface area contributed by atoms with E-state index in [1.165, 1.54) is 11.0 Å². The molecule has 2 N–H and O–H groups in total. The fraction of sp³-hybridized carbons (Fsp3) is 0.323. The Morgan fingerprint density at radius 3 is 2.49 bits per heavy atom. The zero-order valence-electron chi connectivity index (χ0n) is 21.3. The van der Waals surface area contributed by atoms with E-state index in [1.807, 2.05) is 24.3 Å². The summed E-state index contributed by atoms with van der Waals surface area (Å²) in [7, 11) is 0. The van der Waals surface area contributed by atoms with E-state index in [0.717, 1.165) is 16.5 Å². The lowest BCUT2D eigenvalue weighted by Crippen LogP contribution is -2.40. The molecule has 2 amide bonds. The number of aliphatic carboxylic acids is 1. The number of aromatic hydroxyl groups is 1. The van der Waals surface area contributed by atoms with E-state index in [1.54, 1.807) is 25.1 Å². The van der Waals surface area contributed by atoms with Crippen LogP contribution in [-0.4, -0.2) is 51.0 Å². The summed E-state index contributed by atoms with van der Waals surface area (Å²) in [5.41, 5.74) is 2.73. The van der Waals surface area contributed by atoms with Crippen LogP contribution in [0, 0.1) is 17.8 Å². The second-order valence-corrected chi connectivity index (χ2v) is 10.8. The van der Waals surface area contributed by atoms with Gasteiger partial charge < -0.3 is 10.2 Å². The number of phenols is 1. The van der Waals surface area contributed by atoms with Crippen LogP contribution >= 0.6 is 0 Å². The number of imide groups is 1. The molecule has 0 spiro atoms. The van der Waals surface area contributed by atoms with Crippen LogP contribution in [0.25, 0.3) is 10.8 Å². The Balaban J connectivity index is 1.49. The fourth-order valence-electron chi connectivity index (χ4n) is 6.97. The van der Waals surface area contributed by atoms with Crippen LogP contribution in [0.3, 0.4) is 0 Å². The molecular formula is C31H27NO7. The van der Waals surface area contributed by atoms with Gasteiger partial charge in [0.1, 0.15) is 5.75 Å². The third kappa shape index (κ3) is 3.77. The molecular weight excluding hydrogens is 498 g/mol. The molecule has 198 valence electrons. The van der Waals surface area contributed by atoms with Crippen LogP contribution in [0.5, 0.6) is 5.75 Å². The summed E-state index contributed by atoms with van der Waals surface area (Å²) >= 11 is 0. The highest BCUT2D eigenvalue weighted by Gasteiger charge is 2.56. The average Bonchev–Trinajstić information content (AvgIpc) is 3.16. The van der Waals surface area contributed by atoms with Crippen molar-refractivity contribution in [2.24, 2.45) is 17.8 Å². The standard InChI is InChI=1S/C31H27NO7/c1-15-13-24(34)28-22(29(15)37)14-21-19(26(28)18-10-11-23(33)17-6-3-2-5-16(17)18)8-9-20-27(21)31(39)32(30(20)38)12-4-7-25(35)36/h2-3,5-6,8,10-11,13,20-21,26-27,33H,4,7,9,12,14H2,1H3,(H,35,36). The Morgan fingerprint density at radius 2 is 1.74 bits per heavy atom. The van der Waals surface area contributed by atoms with Crippen LogP contribution in [0.4, 0.5) is 0 Å². The van der Waals surface area contributed by atoms with Gasteiger partial charge in [-0.25, -0.2) is 0 Å². The van der Waals surface area contributed by atoms with Crippen molar-refractivity contribution in [3.05, 3.63) is 76.4 Å². The van der Waals surface area contributed by atoms with E-state index in [9.17, 15) is 29.1 Å². The minimum absolute atomic E-state index is 0.0399. The number of rotatable bonds is 5. The van der Waals surface area contributed by atoms with E-state index < -0.39 is 29.6 Å². The molecule has 2 aromatic carbocycles. The molecule has 1 aliphatic heterocycles. The number of allylic oxidation sites excluding steroid dienone is 6. The number of likely N-dealkylation sites (tertiary alicyclic amines) is 1. The summed E-state index contributed by atoms with van der Waals surface area (Å²) in [6.45, 7) is 1.65. The van der Waals surface area contributed by atoms with Crippen molar-refractivity contribution in [3.63, 3.8) is 0 Å². The number of ketones is 2. The lowest BCUT2D eigenvalue weighted by atomic mass is 9.59. The maximum atomic E-state index is 13.7. The molecule has 2 aromatic rings. The molecule has 1 fully saturated rings. The van der Waals surface area contributed by atoms with Crippen molar-refractivity contribution in [1.29, 1.82) is 0 Å². The number of hydrogen-bond donors (Lipinski definition) is 2. The predicted molar refractivity (Wildman–Crippen MR) is 141 cm³/mol. The molecule has 6 rings (SSSR count). The molecule has 4 aliphatic rings. The Morgan fingerprint density at radius 1 is 1.00 bits per heavy atom. The summed E-state index contributed by atoms with van der Waals surface area (Å²) in [4.78, 5) is 66.0. The maximum absolute atomic E-state index is 13.7. The molecule has 8 heteroatoms. The molecule has 0 aromatic heterocycles.